The Labute approximate surface area is 88.5 Å². The van der Waals surface area contributed by atoms with E-state index in [1.165, 1.54) is 0 Å². The van der Waals surface area contributed by atoms with E-state index in [1.54, 1.807) is 12.4 Å². The summed E-state index contributed by atoms with van der Waals surface area (Å²) in [6.07, 6.45) is 7.33. The van der Waals surface area contributed by atoms with Gasteiger partial charge in [0.1, 0.15) is 0 Å². The molecule has 2 rings (SSSR count). The number of anilines is 1. The third-order valence-corrected chi connectivity index (χ3v) is 2.90. The van der Waals surface area contributed by atoms with Gasteiger partial charge in [0.2, 0.25) is 11.9 Å². The van der Waals surface area contributed by atoms with Crippen molar-refractivity contribution in [2.45, 2.75) is 31.7 Å². The number of imidazole rings is 1. The summed E-state index contributed by atoms with van der Waals surface area (Å²) in [6, 6.07) is -0.00582. The fourth-order valence-corrected chi connectivity index (χ4v) is 2.03. The maximum absolute atomic E-state index is 11.8. The van der Waals surface area contributed by atoms with E-state index in [9.17, 15) is 4.79 Å². The zero-order valence-corrected chi connectivity index (χ0v) is 8.57. The molecule has 5 heteroatoms. The van der Waals surface area contributed by atoms with Crippen LogP contribution in [0, 0.1) is 5.92 Å². The minimum Gasteiger partial charge on any atom is -0.331 e. The number of nitrogens with two attached hydrogens (primary N) is 1. The first-order valence-electron chi connectivity index (χ1n) is 5.33. The van der Waals surface area contributed by atoms with Crippen molar-refractivity contribution in [2.24, 2.45) is 11.7 Å². The predicted octanol–water partition coefficient (Wildman–Crippen LogP) is 0.866. The maximum atomic E-state index is 11.8. The SMILES string of the molecule is NC1CCCCC1C(=O)Nc1ncc[nH]1. The summed E-state index contributed by atoms with van der Waals surface area (Å²) in [6.45, 7) is 0. The Balaban J connectivity index is 1.95. The van der Waals surface area contributed by atoms with Gasteiger partial charge in [0.25, 0.3) is 0 Å². The molecular formula is C10H16N4O. The number of H-pyrrole nitrogens is 1. The van der Waals surface area contributed by atoms with Gasteiger partial charge in [-0.15, -0.1) is 0 Å². The zero-order valence-electron chi connectivity index (χ0n) is 8.57. The molecule has 1 aliphatic rings. The molecule has 0 saturated heterocycles. The zero-order chi connectivity index (χ0) is 10.7. The molecule has 15 heavy (non-hydrogen) atoms. The van der Waals surface area contributed by atoms with Gasteiger partial charge in [-0.2, -0.15) is 0 Å². The van der Waals surface area contributed by atoms with Crippen molar-refractivity contribution in [2.75, 3.05) is 5.32 Å². The molecule has 0 spiro atoms. The fourth-order valence-electron chi connectivity index (χ4n) is 2.03. The largest absolute Gasteiger partial charge is 0.331 e. The van der Waals surface area contributed by atoms with E-state index in [4.69, 9.17) is 5.73 Å². The van der Waals surface area contributed by atoms with E-state index < -0.39 is 0 Å². The molecule has 1 fully saturated rings. The van der Waals surface area contributed by atoms with E-state index in [0.717, 1.165) is 25.7 Å². The van der Waals surface area contributed by atoms with Gasteiger partial charge in [0, 0.05) is 18.4 Å². The first kappa shape index (κ1) is 10.2. The third kappa shape index (κ3) is 2.36. The normalized spacial score (nSPS) is 26.2. The Morgan fingerprint density at radius 1 is 1.53 bits per heavy atom. The van der Waals surface area contributed by atoms with Crippen LogP contribution in [0.1, 0.15) is 25.7 Å². The van der Waals surface area contributed by atoms with E-state index in [0.29, 0.717) is 5.95 Å². The number of rotatable bonds is 2. The molecule has 1 saturated carbocycles. The number of hydrogen-bond donors (Lipinski definition) is 3. The van der Waals surface area contributed by atoms with Crippen molar-refractivity contribution in [3.8, 4) is 0 Å². The molecule has 1 heterocycles. The van der Waals surface area contributed by atoms with E-state index in [-0.39, 0.29) is 17.9 Å². The molecule has 1 aromatic heterocycles. The summed E-state index contributed by atoms with van der Waals surface area (Å²) >= 11 is 0. The number of amides is 1. The highest BCUT2D eigenvalue weighted by Crippen LogP contribution is 2.23. The Morgan fingerprint density at radius 3 is 3.00 bits per heavy atom. The molecule has 0 aliphatic heterocycles. The van der Waals surface area contributed by atoms with Crippen LogP contribution in [0.25, 0.3) is 0 Å². The third-order valence-electron chi connectivity index (χ3n) is 2.90. The van der Waals surface area contributed by atoms with Crippen LogP contribution in [-0.2, 0) is 4.79 Å². The first-order valence-corrected chi connectivity index (χ1v) is 5.33. The molecule has 0 radical (unpaired) electrons. The van der Waals surface area contributed by atoms with Crippen LogP contribution in [0.15, 0.2) is 12.4 Å². The minimum absolute atomic E-state index is 0.00582. The van der Waals surface area contributed by atoms with Gasteiger partial charge in [0.05, 0.1) is 5.92 Å². The lowest BCUT2D eigenvalue weighted by atomic mass is 9.84. The van der Waals surface area contributed by atoms with Crippen LogP contribution < -0.4 is 11.1 Å². The summed E-state index contributed by atoms with van der Waals surface area (Å²) in [5.41, 5.74) is 5.92. The maximum Gasteiger partial charge on any atom is 0.231 e. The first-order chi connectivity index (χ1) is 7.27. The van der Waals surface area contributed by atoms with Gasteiger partial charge in [0.15, 0.2) is 0 Å². The summed E-state index contributed by atoms with van der Waals surface area (Å²) < 4.78 is 0. The van der Waals surface area contributed by atoms with Crippen LogP contribution in [0.2, 0.25) is 0 Å². The van der Waals surface area contributed by atoms with Crippen molar-refractivity contribution < 1.29 is 4.79 Å². The Kier molecular flexibility index (Phi) is 3.01. The second-order valence-electron chi connectivity index (χ2n) is 3.98. The summed E-state index contributed by atoms with van der Waals surface area (Å²) in [5, 5.41) is 2.74. The molecule has 1 aromatic rings. The number of carbonyl (C=O) groups is 1. The van der Waals surface area contributed by atoms with Gasteiger partial charge >= 0.3 is 0 Å². The highest BCUT2D eigenvalue weighted by atomic mass is 16.2. The quantitative estimate of drug-likeness (QED) is 0.674. The molecule has 5 nitrogen and oxygen atoms in total. The monoisotopic (exact) mass is 208 g/mol. The summed E-state index contributed by atoms with van der Waals surface area (Å²) in [5.74, 6) is 0.416. The van der Waals surface area contributed by atoms with Gasteiger partial charge in [-0.3, -0.25) is 10.1 Å². The number of hydrogen-bond acceptors (Lipinski definition) is 3. The van der Waals surface area contributed by atoms with Gasteiger partial charge in [-0.25, -0.2) is 4.98 Å². The van der Waals surface area contributed by atoms with Crippen molar-refractivity contribution >= 4 is 11.9 Å². The average molecular weight is 208 g/mol. The van der Waals surface area contributed by atoms with E-state index in [2.05, 4.69) is 15.3 Å². The van der Waals surface area contributed by atoms with Crippen molar-refractivity contribution in [3.05, 3.63) is 12.4 Å². The van der Waals surface area contributed by atoms with Gasteiger partial charge in [-0.05, 0) is 12.8 Å². The number of nitrogens with one attached hydrogen (secondary N) is 2. The molecule has 0 aromatic carbocycles. The molecule has 1 aliphatic carbocycles. The Hall–Kier alpha value is -1.36. The van der Waals surface area contributed by atoms with Crippen LogP contribution in [-0.4, -0.2) is 21.9 Å². The predicted molar refractivity (Wildman–Crippen MR) is 57.2 cm³/mol. The highest BCUT2D eigenvalue weighted by Gasteiger charge is 2.28. The lowest BCUT2D eigenvalue weighted by molar-refractivity contribution is -0.121. The standard InChI is InChI=1S/C10H16N4O/c11-8-4-2-1-3-7(8)9(15)14-10-12-5-6-13-10/h5-8H,1-4,11H2,(H2,12,13,14,15). The number of nitrogens with zero attached hydrogens (tertiary/aromatic N) is 1. The molecule has 82 valence electrons. The second kappa shape index (κ2) is 4.44. The van der Waals surface area contributed by atoms with Crippen molar-refractivity contribution in [1.82, 2.24) is 9.97 Å². The van der Waals surface area contributed by atoms with Crippen molar-refractivity contribution in [3.63, 3.8) is 0 Å². The number of aromatic amines is 1. The van der Waals surface area contributed by atoms with Crippen LogP contribution in [0.5, 0.6) is 0 Å². The molecule has 1 amide bonds. The summed E-state index contributed by atoms with van der Waals surface area (Å²) in [4.78, 5) is 18.6. The van der Waals surface area contributed by atoms with Crippen molar-refractivity contribution in [1.29, 1.82) is 0 Å². The molecule has 2 atom stereocenters. The lowest BCUT2D eigenvalue weighted by Gasteiger charge is -2.26. The van der Waals surface area contributed by atoms with Gasteiger partial charge in [-0.1, -0.05) is 12.8 Å². The Morgan fingerprint density at radius 2 is 2.33 bits per heavy atom. The van der Waals surface area contributed by atoms with Gasteiger partial charge < -0.3 is 10.7 Å². The lowest BCUT2D eigenvalue weighted by Crippen LogP contribution is -2.40. The second-order valence-corrected chi connectivity index (χ2v) is 3.98. The van der Waals surface area contributed by atoms with Crippen LogP contribution in [0.3, 0.4) is 0 Å². The van der Waals surface area contributed by atoms with Crippen LogP contribution in [0.4, 0.5) is 5.95 Å². The molecule has 0 bridgehead atoms. The number of carbonyl (C=O) groups excluding carboxylic acids is 1. The Bertz CT molecular complexity index is 322. The fraction of sp³-hybridized carbons (Fsp3) is 0.600. The molecular weight excluding hydrogens is 192 g/mol. The summed E-state index contributed by atoms with van der Waals surface area (Å²) in [7, 11) is 0. The van der Waals surface area contributed by atoms with E-state index in [1.807, 2.05) is 0 Å². The molecule has 4 N–H and O–H groups in total. The average Bonchev–Trinajstić information content (AvgIpc) is 2.71. The number of aromatic nitrogens is 2. The van der Waals surface area contributed by atoms with E-state index >= 15 is 0 Å². The molecule has 2 unspecified atom stereocenters. The minimum atomic E-state index is -0.0659. The smallest absolute Gasteiger partial charge is 0.231 e. The topological polar surface area (TPSA) is 83.8 Å². The highest BCUT2D eigenvalue weighted by molar-refractivity contribution is 5.91. The van der Waals surface area contributed by atoms with Crippen LogP contribution >= 0.6 is 0 Å².